The van der Waals surface area contributed by atoms with Crippen LogP contribution in [-0.4, -0.2) is 21.2 Å². The molecule has 5 nitrogen and oxygen atoms in total. The molecule has 0 fully saturated rings. The number of ether oxygens (including phenoxy) is 1. The topological polar surface area (TPSA) is 56.5 Å². The normalized spacial score (nSPS) is 12.3. The zero-order valence-electron chi connectivity index (χ0n) is 14.7. The summed E-state index contributed by atoms with van der Waals surface area (Å²) in [6, 6.07) is 17.5. The van der Waals surface area contributed by atoms with Gasteiger partial charge in [0.2, 0.25) is 4.96 Å². The fraction of sp³-hybridized carbons (Fsp3) is 0.0952. The monoisotopic (exact) mass is 375 g/mol. The average molecular weight is 375 g/mol. The maximum atomic E-state index is 12.7. The summed E-state index contributed by atoms with van der Waals surface area (Å²) in [6.07, 6.45) is 5.56. The van der Waals surface area contributed by atoms with Crippen LogP contribution in [0.1, 0.15) is 23.9 Å². The average Bonchev–Trinajstić information content (AvgIpc) is 3.22. The molecule has 0 aliphatic heterocycles. The van der Waals surface area contributed by atoms with Crippen LogP contribution >= 0.6 is 11.3 Å². The van der Waals surface area contributed by atoms with E-state index in [9.17, 15) is 4.79 Å². The molecule has 4 rings (SSSR count). The van der Waals surface area contributed by atoms with Crippen molar-refractivity contribution in [1.82, 2.24) is 14.6 Å². The van der Waals surface area contributed by atoms with Gasteiger partial charge in [-0.3, -0.25) is 4.79 Å². The Hall–Kier alpha value is -3.25. The molecule has 2 heterocycles. The highest BCUT2D eigenvalue weighted by Crippen LogP contribution is 2.18. The van der Waals surface area contributed by atoms with Crippen molar-refractivity contribution in [1.29, 1.82) is 0 Å². The van der Waals surface area contributed by atoms with Gasteiger partial charge in [-0.1, -0.05) is 65.9 Å². The molecule has 0 N–H and O–H groups in total. The van der Waals surface area contributed by atoms with Gasteiger partial charge in [0, 0.05) is 5.56 Å². The molecule has 27 heavy (non-hydrogen) atoms. The van der Waals surface area contributed by atoms with Crippen molar-refractivity contribution >= 4 is 34.5 Å². The molecule has 4 aromatic rings. The number of fused-ring (bicyclic) bond motifs is 1. The fourth-order valence-electron chi connectivity index (χ4n) is 2.68. The zero-order chi connectivity index (χ0) is 18.6. The highest BCUT2D eigenvalue weighted by molar-refractivity contribution is 7.15. The van der Waals surface area contributed by atoms with E-state index in [1.807, 2.05) is 79.7 Å². The van der Waals surface area contributed by atoms with Crippen LogP contribution in [0.4, 0.5) is 0 Å². The first-order valence-electron chi connectivity index (χ1n) is 8.61. The van der Waals surface area contributed by atoms with Crippen molar-refractivity contribution in [2.75, 3.05) is 6.61 Å². The van der Waals surface area contributed by atoms with Crippen LogP contribution in [0.25, 0.3) is 23.2 Å². The number of nitrogens with zero attached hydrogens (tertiary/aromatic N) is 3. The molecule has 134 valence electrons. The quantitative estimate of drug-likeness (QED) is 0.537. The number of hydrogen-bond donors (Lipinski definition) is 0. The first-order valence-corrected chi connectivity index (χ1v) is 9.42. The number of benzene rings is 2. The molecule has 0 aliphatic carbocycles. The highest BCUT2D eigenvalue weighted by Gasteiger charge is 2.09. The maximum Gasteiger partial charge on any atom is 0.291 e. The Morgan fingerprint density at radius 2 is 1.85 bits per heavy atom. The fourth-order valence-corrected chi connectivity index (χ4v) is 3.59. The number of para-hydroxylation sites is 1. The van der Waals surface area contributed by atoms with E-state index >= 15 is 0 Å². The van der Waals surface area contributed by atoms with Crippen LogP contribution < -0.4 is 14.8 Å². The molecule has 6 heteroatoms. The molecular weight excluding hydrogens is 358 g/mol. The Balaban J connectivity index is 1.69. The summed E-state index contributed by atoms with van der Waals surface area (Å²) in [5.41, 5.74) is 1.75. The van der Waals surface area contributed by atoms with Gasteiger partial charge in [-0.25, -0.2) is 0 Å². The van der Waals surface area contributed by atoms with Crippen LogP contribution in [0.5, 0.6) is 5.75 Å². The minimum Gasteiger partial charge on any atom is -0.493 e. The largest absolute Gasteiger partial charge is 0.493 e. The third kappa shape index (κ3) is 3.66. The maximum absolute atomic E-state index is 12.7. The van der Waals surface area contributed by atoms with E-state index in [1.54, 1.807) is 0 Å². The molecule has 0 saturated carbocycles. The second kappa shape index (κ2) is 7.55. The molecule has 0 saturated heterocycles. The van der Waals surface area contributed by atoms with Crippen LogP contribution in [0, 0.1) is 0 Å². The van der Waals surface area contributed by atoms with E-state index in [2.05, 4.69) is 10.1 Å². The van der Waals surface area contributed by atoms with Gasteiger partial charge in [-0.15, -0.1) is 5.10 Å². The molecule has 0 aliphatic rings. The SMILES string of the molecule is CCOc1ccccc1C=c1sc2nc(C=Cc3ccccc3)nn2c1=O. The third-order valence-corrected chi connectivity index (χ3v) is 4.89. The van der Waals surface area contributed by atoms with Gasteiger partial charge in [0.1, 0.15) is 5.75 Å². The number of rotatable bonds is 5. The lowest BCUT2D eigenvalue weighted by Crippen LogP contribution is -2.23. The molecule has 0 atom stereocenters. The Bertz CT molecular complexity index is 1210. The zero-order valence-corrected chi connectivity index (χ0v) is 15.5. The van der Waals surface area contributed by atoms with Crippen molar-refractivity contribution in [2.24, 2.45) is 0 Å². The Labute approximate surface area is 159 Å². The molecule has 2 aromatic carbocycles. The smallest absolute Gasteiger partial charge is 0.291 e. The van der Waals surface area contributed by atoms with E-state index in [0.717, 1.165) is 16.9 Å². The second-order valence-electron chi connectivity index (χ2n) is 5.80. The van der Waals surface area contributed by atoms with Crippen molar-refractivity contribution < 1.29 is 4.74 Å². The van der Waals surface area contributed by atoms with Crippen molar-refractivity contribution in [2.45, 2.75) is 6.92 Å². The summed E-state index contributed by atoms with van der Waals surface area (Å²) in [7, 11) is 0. The van der Waals surface area contributed by atoms with Gasteiger partial charge in [-0.2, -0.15) is 9.50 Å². The summed E-state index contributed by atoms with van der Waals surface area (Å²) in [4.78, 5) is 17.7. The van der Waals surface area contributed by atoms with E-state index in [0.29, 0.717) is 21.9 Å². The summed E-state index contributed by atoms with van der Waals surface area (Å²) in [6.45, 7) is 2.50. The molecule has 0 radical (unpaired) electrons. The molecule has 2 aromatic heterocycles. The molecule has 0 amide bonds. The molecular formula is C21H17N3O2S. The Morgan fingerprint density at radius 1 is 1.07 bits per heavy atom. The number of hydrogen-bond acceptors (Lipinski definition) is 5. The summed E-state index contributed by atoms with van der Waals surface area (Å²) in [5, 5.41) is 4.31. The standard InChI is InChI=1S/C21H17N3O2S/c1-2-26-17-11-7-6-10-16(17)14-18-20(25)24-21(27-18)22-19(23-24)13-12-15-8-4-3-5-9-15/h3-14H,2H2,1H3. The molecule has 0 spiro atoms. The summed E-state index contributed by atoms with van der Waals surface area (Å²) >= 11 is 1.32. The number of thiazole rings is 1. The molecule has 0 bridgehead atoms. The van der Waals surface area contributed by atoms with Gasteiger partial charge in [-0.05, 0) is 30.7 Å². The minimum absolute atomic E-state index is 0.173. The van der Waals surface area contributed by atoms with E-state index in [4.69, 9.17) is 4.74 Å². The first-order chi connectivity index (χ1) is 13.2. The van der Waals surface area contributed by atoms with Crippen molar-refractivity contribution in [3.8, 4) is 5.75 Å². The van der Waals surface area contributed by atoms with Gasteiger partial charge >= 0.3 is 0 Å². The molecule has 0 unspecified atom stereocenters. The summed E-state index contributed by atoms with van der Waals surface area (Å²) in [5.74, 6) is 1.27. The van der Waals surface area contributed by atoms with E-state index < -0.39 is 0 Å². The van der Waals surface area contributed by atoms with Crippen LogP contribution in [0.3, 0.4) is 0 Å². The highest BCUT2D eigenvalue weighted by atomic mass is 32.1. The third-order valence-electron chi connectivity index (χ3n) is 3.93. The van der Waals surface area contributed by atoms with Crippen LogP contribution in [0.2, 0.25) is 0 Å². The minimum atomic E-state index is -0.173. The van der Waals surface area contributed by atoms with E-state index in [-0.39, 0.29) is 5.56 Å². The van der Waals surface area contributed by atoms with Gasteiger partial charge in [0.25, 0.3) is 5.56 Å². The van der Waals surface area contributed by atoms with Crippen LogP contribution in [0.15, 0.2) is 59.4 Å². The summed E-state index contributed by atoms with van der Waals surface area (Å²) < 4.78 is 7.55. The predicted molar refractivity (Wildman–Crippen MR) is 109 cm³/mol. The van der Waals surface area contributed by atoms with Gasteiger partial charge in [0.05, 0.1) is 11.1 Å². The first kappa shape index (κ1) is 17.2. The Morgan fingerprint density at radius 3 is 2.63 bits per heavy atom. The predicted octanol–water partition coefficient (Wildman–Crippen LogP) is 3.27. The van der Waals surface area contributed by atoms with Gasteiger partial charge < -0.3 is 4.74 Å². The second-order valence-corrected chi connectivity index (χ2v) is 6.80. The number of aromatic nitrogens is 3. The van der Waals surface area contributed by atoms with Crippen LogP contribution in [-0.2, 0) is 0 Å². The van der Waals surface area contributed by atoms with E-state index in [1.165, 1.54) is 15.9 Å². The van der Waals surface area contributed by atoms with Crippen molar-refractivity contribution in [3.63, 3.8) is 0 Å². The van der Waals surface area contributed by atoms with Crippen molar-refractivity contribution in [3.05, 3.63) is 86.4 Å². The lowest BCUT2D eigenvalue weighted by Gasteiger charge is -2.05. The lowest BCUT2D eigenvalue weighted by molar-refractivity contribution is 0.339. The van der Waals surface area contributed by atoms with Gasteiger partial charge in [0.15, 0.2) is 5.82 Å². The Kier molecular flexibility index (Phi) is 4.80. The lowest BCUT2D eigenvalue weighted by atomic mass is 10.2.